The molecule has 0 aromatic carbocycles. The first-order valence-corrected chi connectivity index (χ1v) is 42.4. The van der Waals surface area contributed by atoms with E-state index in [1.165, 1.54) is 6.92 Å². The summed E-state index contributed by atoms with van der Waals surface area (Å²) in [6.07, 6.45) is -71.9. The fourth-order valence-corrected chi connectivity index (χ4v) is 14.4. The van der Waals surface area contributed by atoms with Crippen LogP contribution in [0.2, 0.25) is 0 Å². The third-order valence-corrected chi connectivity index (χ3v) is 17.6. The van der Waals surface area contributed by atoms with Crippen LogP contribution in [0.4, 0.5) is 0 Å². The van der Waals surface area contributed by atoms with Gasteiger partial charge >= 0.3 is 135 Å². The molecule has 0 unspecified atom stereocenters. The average Bonchev–Trinajstić information content (AvgIpc) is 0.754. The van der Waals surface area contributed by atoms with Crippen molar-refractivity contribution in [1.82, 2.24) is 0 Å². The lowest BCUT2D eigenvalue weighted by molar-refractivity contribution is -0.380. The first kappa shape index (κ1) is 91.4. The van der Waals surface area contributed by atoms with Crippen molar-refractivity contribution in [1.29, 1.82) is 0 Å². The van der Waals surface area contributed by atoms with Crippen LogP contribution >= 0.6 is 0 Å². The molecule has 0 aromatic rings. The summed E-state index contributed by atoms with van der Waals surface area (Å²) in [6.45, 7) is -8.28. The predicted molar refractivity (Wildman–Crippen MR) is 288 cm³/mol. The Hall–Kier alpha value is -2.01. The van der Waals surface area contributed by atoms with Crippen molar-refractivity contribution in [2.75, 3.05) is 33.0 Å². The van der Waals surface area contributed by atoms with E-state index in [4.69, 9.17) is 37.9 Å². The minimum absolute atomic E-state index is 0.0666. The molecule has 600 valence electrons. The van der Waals surface area contributed by atoms with E-state index in [-0.39, 0.29) is 12.8 Å². The predicted octanol–water partition coefficient (Wildman–Crippen LogP) is -10.2. The van der Waals surface area contributed by atoms with E-state index in [1.807, 2.05) is 0 Å². The molecule has 73 heteroatoms. The van der Waals surface area contributed by atoms with Gasteiger partial charge in [0.25, 0.3) is 0 Å². The average molecular weight is 1760 g/mol. The molecule has 0 spiro atoms. The van der Waals surface area contributed by atoms with Crippen LogP contribution in [-0.4, -0.2) is 324 Å². The highest BCUT2D eigenvalue weighted by molar-refractivity contribution is 7.83. The van der Waals surface area contributed by atoms with Crippen molar-refractivity contribution in [3.8, 4) is 0 Å². The van der Waals surface area contributed by atoms with Crippen molar-refractivity contribution >= 4 is 135 Å². The zero-order valence-electron chi connectivity index (χ0n) is 47.8. The quantitative estimate of drug-likeness (QED) is 0.0200. The molecule has 60 nitrogen and oxygen atoms in total. The molecule has 4 fully saturated rings. The Balaban J connectivity index is 2.30. The van der Waals surface area contributed by atoms with E-state index in [0.717, 1.165) is 0 Å². The Labute approximate surface area is 568 Å². The van der Waals surface area contributed by atoms with Crippen molar-refractivity contribution in [3.63, 3.8) is 0 Å². The summed E-state index contributed by atoms with van der Waals surface area (Å²) in [5.74, 6) is 0. The maximum absolute atomic E-state index is 13.0. The summed E-state index contributed by atoms with van der Waals surface area (Å²) in [5.41, 5.74) is 0. The molecule has 20 atom stereocenters. The maximum atomic E-state index is 13.0. The molecule has 0 saturated carbocycles. The van der Waals surface area contributed by atoms with Crippen LogP contribution in [0.15, 0.2) is 0 Å². The molecule has 4 aliphatic rings. The molecule has 13 N–H and O–H groups in total. The normalized spacial score (nSPS) is 32.3. The molecule has 4 rings (SSSR count). The molecule has 0 aromatic heterocycles. The summed E-state index contributed by atoms with van der Waals surface area (Å²) in [5, 5.41) is 0. The van der Waals surface area contributed by atoms with Crippen LogP contribution in [0.1, 0.15) is 19.8 Å². The largest absolute Gasteiger partial charge is 0.397 e. The zero-order valence-corrected chi connectivity index (χ0v) is 58.4. The summed E-state index contributed by atoms with van der Waals surface area (Å²) < 4.78 is 548. The van der Waals surface area contributed by atoms with Gasteiger partial charge in [-0.1, -0.05) is 13.3 Å². The van der Waals surface area contributed by atoms with Crippen LogP contribution < -0.4 is 0 Å². The molecule has 0 bridgehead atoms. The smallest absolute Gasteiger partial charge is 0.350 e. The minimum atomic E-state index is -6.86. The van der Waals surface area contributed by atoms with E-state index >= 15 is 0 Å². The Bertz CT molecular complexity index is 4410. The summed E-state index contributed by atoms with van der Waals surface area (Å²) >= 11 is 0. The second kappa shape index (κ2) is 34.3. The lowest BCUT2D eigenvalue weighted by atomic mass is 9.95. The van der Waals surface area contributed by atoms with E-state index in [2.05, 4.69) is 54.4 Å². The third-order valence-electron chi connectivity index (χ3n) is 11.6. The zero-order chi connectivity index (χ0) is 77.8. The van der Waals surface area contributed by atoms with Gasteiger partial charge in [-0.25, -0.2) is 54.4 Å². The van der Waals surface area contributed by atoms with Gasteiger partial charge in [0.05, 0.1) is 26.4 Å². The van der Waals surface area contributed by atoms with Crippen LogP contribution in [0, 0.1) is 0 Å². The van der Waals surface area contributed by atoms with Crippen LogP contribution in [-0.2, 0) is 227 Å². The van der Waals surface area contributed by atoms with Crippen molar-refractivity contribution in [3.05, 3.63) is 0 Å². The van der Waals surface area contributed by atoms with Gasteiger partial charge in [0.15, 0.2) is 49.6 Å². The monoisotopic (exact) mass is 1760 g/mol. The topological polar surface area (TPSA) is 901 Å². The van der Waals surface area contributed by atoms with Gasteiger partial charge in [0.1, 0.15) is 73.2 Å². The van der Waals surface area contributed by atoms with Crippen LogP contribution in [0.3, 0.4) is 0 Å². The first-order chi connectivity index (χ1) is 45.1. The second-order valence-corrected chi connectivity index (χ2v) is 32.7. The van der Waals surface area contributed by atoms with Crippen molar-refractivity contribution < 1.29 is 261 Å². The highest BCUT2D eigenvalue weighted by Crippen LogP contribution is 2.42. The lowest BCUT2D eigenvalue weighted by Crippen LogP contribution is -2.70. The minimum Gasteiger partial charge on any atom is -0.350 e. The van der Waals surface area contributed by atoms with E-state index < -0.39 is 291 Å². The van der Waals surface area contributed by atoms with Gasteiger partial charge in [-0.3, -0.25) is 59.2 Å². The Morgan fingerprint density at radius 3 is 0.624 bits per heavy atom. The molecular weight excluding hydrogens is 1710 g/mol. The maximum Gasteiger partial charge on any atom is 0.397 e. The summed E-state index contributed by atoms with van der Waals surface area (Å²) in [6, 6.07) is 0. The number of rotatable bonds is 40. The van der Waals surface area contributed by atoms with Gasteiger partial charge in [-0.15, -0.1) is 0 Å². The molecule has 4 heterocycles. The number of hydrogen-bond donors (Lipinski definition) is 13. The third kappa shape index (κ3) is 33.6. The second-order valence-electron chi connectivity index (χ2n) is 18.9. The summed E-state index contributed by atoms with van der Waals surface area (Å²) in [7, 11) is -83.5. The highest BCUT2D eigenvalue weighted by Gasteiger charge is 2.63. The Kier molecular flexibility index (Phi) is 31.0. The standard InChI is InChI=1S/C28H50O60S13/c1-2-3-4-68-25-21(85-98(56,57)58)17(13(80-93(41,42)43)9(73-25)5-69-89(29,30)31)77-26-22(86-99(59,60)61)18(14(81-94(44,45)46)10(74-26)6-70-90(32,33)34)78-27-23(87-100(62,63)64)19(15(82-95(47,48)49)11(75-27)7-71-91(35,36)37)79-28-24(88-101(65,66)67)20(84-97(53,54)55)16(83-96(50,51)52)12(76-28)8-72-92(38,39)40/h9-28H,2-8H2,1H3,(H,29,30,31)(H,32,33,34)(H,35,36,37)(H,38,39,40)(H,41,42,43)(H,44,45,46)(H,47,48,49)(H,50,51,52)(H,53,54,55)(H,56,57,58)(H,59,60,61)(H,62,63,64)(H,65,66,67)/t9-,10-,11-,12-,13-,14-,15-,16-,17+,18+,19+,20+,21-,22-,23-,24-,25-,26+,27+,28+/m1/s1. The summed E-state index contributed by atoms with van der Waals surface area (Å²) in [4.78, 5) is 0. The van der Waals surface area contributed by atoms with E-state index in [9.17, 15) is 169 Å². The number of hydrogen-bond acceptors (Lipinski definition) is 47. The Morgan fingerprint density at radius 1 is 0.238 bits per heavy atom. The van der Waals surface area contributed by atoms with Crippen molar-refractivity contribution in [2.24, 2.45) is 0 Å². The van der Waals surface area contributed by atoms with E-state index in [1.54, 1.807) is 0 Å². The van der Waals surface area contributed by atoms with Gasteiger partial charge < -0.3 is 37.9 Å². The molecular formula is C28H50O60S13. The SMILES string of the molecule is CCCCO[C@@H]1O[C@H](COS(=O)(=O)O)[C@@H](OS(=O)(=O)O)[C@H](O[C@@H]2O[C@H](COS(=O)(=O)O)[C@@H](OS(=O)(=O)O)[C@H](O[C@@H]3O[C@H](COS(=O)(=O)O)[C@@H](OS(=O)(=O)O)[C@H](O[C@@H]4O[C@H](COS(=O)(=O)O)[C@@H](OS(=O)(=O)O)[C@H](OS(=O)(=O)O)[C@H]4OS(=O)(=O)O)[C@H]3OS(=O)(=O)O)[C@H]2OS(=O)(=O)O)[C@H]1OS(=O)(=O)O. The van der Waals surface area contributed by atoms with Gasteiger partial charge in [0, 0.05) is 6.61 Å². The molecule has 0 aliphatic carbocycles. The van der Waals surface area contributed by atoms with Crippen LogP contribution in [0.25, 0.3) is 0 Å². The lowest BCUT2D eigenvalue weighted by Gasteiger charge is -2.51. The highest BCUT2D eigenvalue weighted by atomic mass is 32.3. The van der Waals surface area contributed by atoms with Crippen LogP contribution in [0.5, 0.6) is 0 Å². The van der Waals surface area contributed by atoms with E-state index in [0.29, 0.717) is 0 Å². The molecule has 4 aliphatic heterocycles. The fourth-order valence-electron chi connectivity index (χ4n) is 8.65. The molecule has 4 saturated heterocycles. The molecule has 0 radical (unpaired) electrons. The van der Waals surface area contributed by atoms with Crippen molar-refractivity contribution in [2.45, 2.75) is 143 Å². The Morgan fingerprint density at radius 2 is 0.416 bits per heavy atom. The van der Waals surface area contributed by atoms with Gasteiger partial charge in [-0.05, 0) is 6.42 Å². The number of ether oxygens (including phenoxy) is 8. The molecule has 101 heavy (non-hydrogen) atoms. The number of unbranched alkanes of at least 4 members (excludes halogenated alkanes) is 1. The fraction of sp³-hybridized carbons (Fsp3) is 1.00. The van der Waals surface area contributed by atoms with Gasteiger partial charge in [-0.2, -0.15) is 109 Å². The molecule has 0 amide bonds. The first-order valence-electron chi connectivity index (χ1n) is 24.6. The van der Waals surface area contributed by atoms with Gasteiger partial charge in [0.2, 0.25) is 0 Å².